The molecule has 2 aromatic rings. The van der Waals surface area contributed by atoms with Crippen LogP contribution in [0.1, 0.15) is 88.3 Å². The molecule has 2 unspecified atom stereocenters. The average Bonchev–Trinajstić information content (AvgIpc) is 2.84. The molecule has 0 bridgehead atoms. The van der Waals surface area contributed by atoms with Gasteiger partial charge in [0.1, 0.15) is 13.1 Å². The molecule has 0 aromatic heterocycles. The highest BCUT2D eigenvalue weighted by Crippen LogP contribution is 2.29. The van der Waals surface area contributed by atoms with Crippen LogP contribution in [0.25, 0.3) is 0 Å². The summed E-state index contributed by atoms with van der Waals surface area (Å²) in [5, 5.41) is 13.6. The maximum absolute atomic E-state index is 12.8. The lowest BCUT2D eigenvalue weighted by atomic mass is 10.1. The maximum Gasteiger partial charge on any atom is 0.416 e. The summed E-state index contributed by atoms with van der Waals surface area (Å²) in [7, 11) is 0. The summed E-state index contributed by atoms with van der Waals surface area (Å²) in [6, 6.07) is 13.7. The highest BCUT2D eigenvalue weighted by Gasteiger charge is 2.30. The number of benzene rings is 2. The molecule has 2 atom stereocenters. The quantitative estimate of drug-likeness (QED) is 0.217. The number of hydrogen-bond acceptors (Lipinski definition) is 2. The zero-order valence-corrected chi connectivity index (χ0v) is 21.5. The van der Waals surface area contributed by atoms with Gasteiger partial charge < -0.3 is 15.3 Å². The molecule has 3 nitrogen and oxygen atoms in total. The number of alkyl halides is 3. The van der Waals surface area contributed by atoms with Crippen LogP contribution in [0.2, 0.25) is 0 Å². The Morgan fingerprint density at radius 2 is 1.29 bits per heavy atom. The first-order chi connectivity index (χ1) is 16.8. The third-order valence-corrected chi connectivity index (χ3v) is 6.58. The first-order valence-electron chi connectivity index (χ1n) is 13.3. The number of rotatable bonds is 17. The maximum atomic E-state index is 12.8. The number of aliphatic hydroxyl groups is 1. The zero-order chi connectivity index (χ0) is 25.5. The average molecular weight is 494 g/mol. The van der Waals surface area contributed by atoms with Crippen LogP contribution in [0.15, 0.2) is 48.5 Å². The van der Waals surface area contributed by atoms with Crippen LogP contribution < -0.4 is 10.2 Å². The Morgan fingerprint density at radius 3 is 1.80 bits per heavy atom. The van der Waals surface area contributed by atoms with Gasteiger partial charge in [-0.3, -0.25) is 0 Å². The smallest absolute Gasteiger partial charge is 0.391 e. The van der Waals surface area contributed by atoms with Gasteiger partial charge in [-0.2, -0.15) is 13.2 Å². The molecule has 0 spiro atoms. The van der Waals surface area contributed by atoms with E-state index in [1.54, 1.807) is 12.1 Å². The van der Waals surface area contributed by atoms with Crippen molar-refractivity contribution in [2.45, 2.75) is 97.0 Å². The number of quaternary nitrogens is 1. The van der Waals surface area contributed by atoms with Crippen molar-refractivity contribution in [3.8, 4) is 0 Å². The molecular formula is C29H44F3N2O+. The molecule has 35 heavy (non-hydrogen) atoms. The van der Waals surface area contributed by atoms with Crippen LogP contribution in [0.5, 0.6) is 0 Å². The summed E-state index contributed by atoms with van der Waals surface area (Å²) < 4.78 is 38.3. The van der Waals surface area contributed by atoms with E-state index in [-0.39, 0.29) is 6.10 Å². The number of anilines is 1. The Hall–Kier alpha value is -2.05. The van der Waals surface area contributed by atoms with Crippen LogP contribution >= 0.6 is 0 Å². The Kier molecular flexibility index (Phi) is 13.2. The summed E-state index contributed by atoms with van der Waals surface area (Å²) >= 11 is 0. The number of hydrogen-bond donors (Lipinski definition) is 3. The molecule has 0 heterocycles. The molecule has 0 aliphatic carbocycles. The van der Waals surface area contributed by atoms with Crippen molar-refractivity contribution in [1.82, 2.24) is 0 Å². The number of halogens is 3. The summed E-state index contributed by atoms with van der Waals surface area (Å²) in [6.07, 6.45) is 6.35. The number of nitrogens with one attached hydrogen (secondary N) is 2. The Bertz CT molecular complexity index is 806. The molecular weight excluding hydrogens is 449 g/mol. The predicted molar refractivity (Wildman–Crippen MR) is 139 cm³/mol. The van der Waals surface area contributed by atoms with E-state index in [0.29, 0.717) is 13.1 Å². The van der Waals surface area contributed by atoms with Gasteiger partial charge in [0, 0.05) is 23.4 Å². The second-order valence-corrected chi connectivity index (χ2v) is 9.65. The minimum Gasteiger partial charge on any atom is -0.391 e. The lowest BCUT2D eigenvalue weighted by Crippen LogP contribution is -3.09. The van der Waals surface area contributed by atoms with E-state index < -0.39 is 11.7 Å². The third kappa shape index (κ3) is 12.0. The largest absolute Gasteiger partial charge is 0.416 e. The molecule has 0 aliphatic rings. The predicted octanol–water partition coefficient (Wildman–Crippen LogP) is 6.61. The fraction of sp³-hybridized carbons (Fsp3) is 0.586. The van der Waals surface area contributed by atoms with Crippen LogP contribution in [-0.2, 0) is 19.3 Å². The molecule has 0 amide bonds. The molecule has 0 saturated heterocycles. The topological polar surface area (TPSA) is 36.7 Å². The van der Waals surface area contributed by atoms with Gasteiger partial charge in [-0.1, -0.05) is 82.6 Å². The summed E-state index contributed by atoms with van der Waals surface area (Å²) in [5.74, 6) is 0. The van der Waals surface area contributed by atoms with Crippen molar-refractivity contribution in [1.29, 1.82) is 0 Å². The van der Waals surface area contributed by atoms with Crippen LogP contribution in [0.4, 0.5) is 18.9 Å². The zero-order valence-electron chi connectivity index (χ0n) is 21.5. The highest BCUT2D eigenvalue weighted by molar-refractivity contribution is 5.44. The molecule has 3 N–H and O–H groups in total. The van der Waals surface area contributed by atoms with Gasteiger partial charge in [-0.15, -0.1) is 0 Å². The fourth-order valence-electron chi connectivity index (χ4n) is 4.29. The minimum absolute atomic E-state index is 0.335. The van der Waals surface area contributed by atoms with Crippen LogP contribution in [0.3, 0.4) is 0 Å². The first-order valence-corrected chi connectivity index (χ1v) is 13.3. The molecule has 196 valence electrons. The highest BCUT2D eigenvalue weighted by atomic mass is 19.4. The van der Waals surface area contributed by atoms with Crippen molar-refractivity contribution < 1.29 is 23.2 Å². The van der Waals surface area contributed by atoms with Crippen molar-refractivity contribution in [3.63, 3.8) is 0 Å². The number of unbranched alkanes of at least 4 members (excludes halogenated alkanes) is 7. The van der Waals surface area contributed by atoms with Gasteiger partial charge in [0.2, 0.25) is 0 Å². The monoisotopic (exact) mass is 493 g/mol. The van der Waals surface area contributed by atoms with Crippen molar-refractivity contribution in [3.05, 3.63) is 65.2 Å². The summed E-state index contributed by atoms with van der Waals surface area (Å²) in [5.41, 5.74) is 2.47. The molecule has 0 fully saturated rings. The fourth-order valence-corrected chi connectivity index (χ4v) is 4.29. The van der Waals surface area contributed by atoms with E-state index in [1.165, 1.54) is 55.4 Å². The van der Waals surface area contributed by atoms with Gasteiger partial charge in [0.25, 0.3) is 0 Å². The molecule has 0 radical (unpaired) electrons. The van der Waals surface area contributed by atoms with Crippen molar-refractivity contribution >= 4 is 5.69 Å². The Morgan fingerprint density at radius 1 is 0.771 bits per heavy atom. The second-order valence-electron chi connectivity index (χ2n) is 9.65. The van der Waals surface area contributed by atoms with Gasteiger partial charge in [0.05, 0.1) is 18.2 Å². The van der Waals surface area contributed by atoms with Gasteiger partial charge in [-0.25, -0.2) is 0 Å². The normalized spacial score (nSPS) is 13.5. The molecule has 0 aliphatic heterocycles. The van der Waals surface area contributed by atoms with E-state index in [4.69, 9.17) is 0 Å². The molecule has 2 rings (SSSR count). The Balaban J connectivity index is 1.68. The van der Waals surface area contributed by atoms with E-state index in [2.05, 4.69) is 31.3 Å². The summed E-state index contributed by atoms with van der Waals surface area (Å²) in [4.78, 5) is 1.28. The van der Waals surface area contributed by atoms with E-state index in [9.17, 15) is 18.3 Å². The van der Waals surface area contributed by atoms with Crippen LogP contribution in [0, 0.1) is 0 Å². The summed E-state index contributed by atoms with van der Waals surface area (Å²) in [6.45, 7) is 7.24. The molecule has 2 aromatic carbocycles. The lowest BCUT2D eigenvalue weighted by Gasteiger charge is -2.19. The van der Waals surface area contributed by atoms with Crippen molar-refractivity contribution in [2.24, 2.45) is 0 Å². The third-order valence-electron chi connectivity index (χ3n) is 6.58. The van der Waals surface area contributed by atoms with E-state index in [0.717, 1.165) is 49.3 Å². The van der Waals surface area contributed by atoms with E-state index >= 15 is 0 Å². The number of aliphatic hydroxyl groups excluding tert-OH is 1. The SMILES string of the molecule is CCCCCCCCCCC(O)CNc1ccc(C[NH+](CC)Cc2ccc(C(F)(F)F)cc2)cc1. The first kappa shape index (κ1) is 29.2. The standard InChI is InChI=1S/C29H43F3N2O/c1-3-5-6-7-8-9-10-11-12-28(35)21-33-27-19-15-25(16-20-27)23-34(4-2)22-24-13-17-26(18-14-24)29(30,31)32/h13-20,28,33,35H,3-12,21-23H2,1-2H3/p+1. The van der Waals surface area contributed by atoms with Crippen molar-refractivity contribution in [2.75, 3.05) is 18.4 Å². The lowest BCUT2D eigenvalue weighted by molar-refractivity contribution is -0.925. The van der Waals surface area contributed by atoms with Gasteiger partial charge in [-0.05, 0) is 37.6 Å². The van der Waals surface area contributed by atoms with Gasteiger partial charge >= 0.3 is 6.18 Å². The Labute approximate surface area is 209 Å². The molecule has 0 saturated carbocycles. The minimum atomic E-state index is -4.30. The van der Waals surface area contributed by atoms with E-state index in [1.807, 2.05) is 12.1 Å². The van der Waals surface area contributed by atoms with Gasteiger partial charge in [0.15, 0.2) is 0 Å². The van der Waals surface area contributed by atoms with Crippen LogP contribution in [-0.4, -0.2) is 24.3 Å². The molecule has 6 heteroatoms. The second kappa shape index (κ2) is 15.8.